The highest BCUT2D eigenvalue weighted by atomic mass is 16.7. The molecule has 0 N–H and O–H groups in total. The molecule has 1 rings (SSSR count). The van der Waals surface area contributed by atoms with E-state index in [1.165, 1.54) is 0 Å². The van der Waals surface area contributed by atoms with Gasteiger partial charge in [-0.3, -0.25) is 0 Å². The highest BCUT2D eigenvalue weighted by molar-refractivity contribution is 4.98. The maximum atomic E-state index is 5.48. The number of ether oxygens (including phenoxy) is 2. The van der Waals surface area contributed by atoms with E-state index >= 15 is 0 Å². The van der Waals surface area contributed by atoms with Crippen molar-refractivity contribution < 1.29 is 9.47 Å². The lowest BCUT2D eigenvalue weighted by atomic mass is 10.2. The maximum Gasteiger partial charge on any atom is 0.278 e. The quantitative estimate of drug-likeness (QED) is 0.536. The fraction of sp³-hybridized carbons (Fsp3) is 0.778. The largest absolute Gasteiger partial charge is 0.462 e. The van der Waals surface area contributed by atoms with E-state index in [0.29, 0.717) is 12.2 Å². The minimum Gasteiger partial charge on any atom is -0.462 e. The summed E-state index contributed by atoms with van der Waals surface area (Å²) >= 11 is 0. The SMILES string of the molecule is CC(C)=C1OC(C)CC(C)O1. The summed E-state index contributed by atoms with van der Waals surface area (Å²) in [5.74, 6) is 0.719. The van der Waals surface area contributed by atoms with Gasteiger partial charge in [0.25, 0.3) is 5.95 Å². The first-order valence-electron chi connectivity index (χ1n) is 4.10. The molecule has 1 aliphatic heterocycles. The van der Waals surface area contributed by atoms with Gasteiger partial charge in [0.15, 0.2) is 0 Å². The van der Waals surface area contributed by atoms with E-state index in [-0.39, 0.29) is 0 Å². The van der Waals surface area contributed by atoms with Crippen molar-refractivity contribution in [1.29, 1.82) is 0 Å². The molecule has 0 bridgehead atoms. The second-order valence-electron chi connectivity index (χ2n) is 3.38. The summed E-state index contributed by atoms with van der Waals surface area (Å²) in [5, 5.41) is 0. The standard InChI is InChI=1S/C9H16O2/c1-6(2)9-10-7(3)5-8(4)11-9/h7-8H,5H2,1-4H3. The first-order chi connectivity index (χ1) is 5.09. The van der Waals surface area contributed by atoms with Crippen LogP contribution in [-0.2, 0) is 9.47 Å². The molecule has 1 aliphatic rings. The van der Waals surface area contributed by atoms with Gasteiger partial charge in [-0.25, -0.2) is 0 Å². The molecule has 0 aromatic heterocycles. The Morgan fingerprint density at radius 1 is 1.18 bits per heavy atom. The summed E-state index contributed by atoms with van der Waals surface area (Å²) in [6, 6.07) is 0. The average molecular weight is 156 g/mol. The van der Waals surface area contributed by atoms with Crippen molar-refractivity contribution in [2.24, 2.45) is 0 Å². The van der Waals surface area contributed by atoms with Gasteiger partial charge >= 0.3 is 0 Å². The fourth-order valence-corrected chi connectivity index (χ4v) is 1.19. The second-order valence-corrected chi connectivity index (χ2v) is 3.38. The van der Waals surface area contributed by atoms with Crippen molar-refractivity contribution >= 4 is 0 Å². The fourth-order valence-electron chi connectivity index (χ4n) is 1.19. The van der Waals surface area contributed by atoms with E-state index in [4.69, 9.17) is 9.47 Å². The molecule has 2 atom stereocenters. The minimum absolute atomic E-state index is 0.295. The highest BCUT2D eigenvalue weighted by Crippen LogP contribution is 2.22. The van der Waals surface area contributed by atoms with Gasteiger partial charge in [0.1, 0.15) is 12.2 Å². The Balaban J connectivity index is 2.64. The zero-order chi connectivity index (χ0) is 8.43. The van der Waals surface area contributed by atoms with Crippen molar-refractivity contribution in [3.63, 3.8) is 0 Å². The molecule has 0 aromatic carbocycles. The first-order valence-corrected chi connectivity index (χ1v) is 4.10. The molecular formula is C9H16O2. The molecule has 64 valence electrons. The summed E-state index contributed by atoms with van der Waals surface area (Å²) in [4.78, 5) is 0. The molecule has 1 heterocycles. The van der Waals surface area contributed by atoms with Crippen LogP contribution in [0.1, 0.15) is 34.1 Å². The van der Waals surface area contributed by atoms with Gasteiger partial charge in [-0.1, -0.05) is 0 Å². The van der Waals surface area contributed by atoms with E-state index in [1.807, 2.05) is 13.8 Å². The van der Waals surface area contributed by atoms with Crippen molar-refractivity contribution in [1.82, 2.24) is 0 Å². The molecule has 0 saturated carbocycles. The van der Waals surface area contributed by atoms with Crippen LogP contribution in [0.5, 0.6) is 0 Å². The minimum atomic E-state index is 0.295. The number of rotatable bonds is 0. The maximum absolute atomic E-state index is 5.48. The van der Waals surface area contributed by atoms with Gasteiger partial charge < -0.3 is 9.47 Å². The molecular weight excluding hydrogens is 140 g/mol. The number of hydrogen-bond donors (Lipinski definition) is 0. The van der Waals surface area contributed by atoms with Gasteiger partial charge in [-0.05, 0) is 27.7 Å². The van der Waals surface area contributed by atoms with Crippen LogP contribution < -0.4 is 0 Å². The van der Waals surface area contributed by atoms with E-state index in [2.05, 4.69) is 13.8 Å². The van der Waals surface area contributed by atoms with E-state index in [1.54, 1.807) is 0 Å². The van der Waals surface area contributed by atoms with Gasteiger partial charge in [0.2, 0.25) is 0 Å². The van der Waals surface area contributed by atoms with Gasteiger partial charge in [-0.2, -0.15) is 0 Å². The second kappa shape index (κ2) is 3.16. The molecule has 2 heteroatoms. The topological polar surface area (TPSA) is 18.5 Å². The molecule has 0 spiro atoms. The van der Waals surface area contributed by atoms with Crippen molar-refractivity contribution in [2.75, 3.05) is 0 Å². The number of allylic oxidation sites excluding steroid dienone is 1. The normalized spacial score (nSPS) is 30.7. The predicted octanol–water partition coefficient (Wildman–Crippen LogP) is 2.45. The van der Waals surface area contributed by atoms with Crippen LogP contribution in [0.15, 0.2) is 11.5 Å². The highest BCUT2D eigenvalue weighted by Gasteiger charge is 2.21. The molecule has 0 radical (unpaired) electrons. The molecule has 1 fully saturated rings. The Labute approximate surface area is 68.2 Å². The molecule has 2 nitrogen and oxygen atoms in total. The van der Waals surface area contributed by atoms with Gasteiger partial charge in [0.05, 0.1) is 0 Å². The summed E-state index contributed by atoms with van der Waals surface area (Å²) in [5.41, 5.74) is 1.11. The monoisotopic (exact) mass is 156 g/mol. The Morgan fingerprint density at radius 3 is 2.00 bits per heavy atom. The molecule has 0 aliphatic carbocycles. The Bertz CT molecular complexity index is 156. The van der Waals surface area contributed by atoms with Crippen LogP contribution in [-0.4, -0.2) is 12.2 Å². The van der Waals surface area contributed by atoms with Gasteiger partial charge in [0, 0.05) is 12.0 Å². The molecule has 1 saturated heterocycles. The zero-order valence-corrected chi connectivity index (χ0v) is 7.68. The lowest BCUT2D eigenvalue weighted by molar-refractivity contribution is -0.0943. The third-order valence-electron chi connectivity index (χ3n) is 1.69. The third-order valence-corrected chi connectivity index (χ3v) is 1.69. The molecule has 11 heavy (non-hydrogen) atoms. The third kappa shape index (κ3) is 2.14. The van der Waals surface area contributed by atoms with E-state index in [9.17, 15) is 0 Å². The smallest absolute Gasteiger partial charge is 0.278 e. The molecule has 0 amide bonds. The summed E-state index contributed by atoms with van der Waals surface area (Å²) in [7, 11) is 0. The van der Waals surface area contributed by atoms with E-state index < -0.39 is 0 Å². The van der Waals surface area contributed by atoms with E-state index in [0.717, 1.165) is 17.9 Å². The van der Waals surface area contributed by atoms with Crippen molar-refractivity contribution in [3.8, 4) is 0 Å². The van der Waals surface area contributed by atoms with Crippen LogP contribution in [0.25, 0.3) is 0 Å². The average Bonchev–Trinajstić information content (AvgIpc) is 1.85. The zero-order valence-electron chi connectivity index (χ0n) is 7.68. The summed E-state index contributed by atoms with van der Waals surface area (Å²) in [6.07, 6.45) is 1.57. The van der Waals surface area contributed by atoms with Crippen LogP contribution in [0.4, 0.5) is 0 Å². The van der Waals surface area contributed by atoms with Crippen LogP contribution in [0, 0.1) is 0 Å². The summed E-state index contributed by atoms with van der Waals surface area (Å²) < 4.78 is 11.0. The van der Waals surface area contributed by atoms with Crippen molar-refractivity contribution in [2.45, 2.75) is 46.3 Å². The lowest BCUT2D eigenvalue weighted by Gasteiger charge is -2.29. The van der Waals surface area contributed by atoms with Crippen LogP contribution in [0.2, 0.25) is 0 Å². The Kier molecular flexibility index (Phi) is 2.42. The first kappa shape index (κ1) is 8.44. The van der Waals surface area contributed by atoms with Crippen LogP contribution >= 0.6 is 0 Å². The van der Waals surface area contributed by atoms with Crippen molar-refractivity contribution in [3.05, 3.63) is 11.5 Å². The Hall–Kier alpha value is -0.660. The Morgan fingerprint density at radius 2 is 1.64 bits per heavy atom. The van der Waals surface area contributed by atoms with Crippen LogP contribution in [0.3, 0.4) is 0 Å². The predicted molar refractivity (Wildman–Crippen MR) is 44.1 cm³/mol. The van der Waals surface area contributed by atoms with Gasteiger partial charge in [-0.15, -0.1) is 0 Å². The molecule has 0 aromatic rings. The lowest BCUT2D eigenvalue weighted by Crippen LogP contribution is -2.26. The number of hydrogen-bond acceptors (Lipinski definition) is 2. The molecule has 2 unspecified atom stereocenters. The summed E-state index contributed by atoms with van der Waals surface area (Å²) in [6.45, 7) is 8.14.